The lowest BCUT2D eigenvalue weighted by atomic mass is 10.0. The summed E-state index contributed by atoms with van der Waals surface area (Å²) < 4.78 is 4.23. The number of hydrogen-bond donors (Lipinski definition) is 3. The number of benzene rings is 1. The quantitative estimate of drug-likeness (QED) is 0.526. The molecule has 0 aliphatic carbocycles. The zero-order chi connectivity index (χ0) is 22.7. The first-order valence-corrected chi connectivity index (χ1v) is 11.2. The minimum Gasteiger partial charge on any atom is -0.364 e. The summed E-state index contributed by atoms with van der Waals surface area (Å²) in [7, 11) is 0. The van der Waals surface area contributed by atoms with Crippen molar-refractivity contribution in [1.82, 2.24) is 19.7 Å². The van der Waals surface area contributed by atoms with Crippen LogP contribution in [0.25, 0.3) is 0 Å². The summed E-state index contributed by atoms with van der Waals surface area (Å²) in [6.45, 7) is 5.23. The number of carbonyl (C=O) groups excluding carboxylic acids is 2. The van der Waals surface area contributed by atoms with Crippen molar-refractivity contribution in [2.45, 2.75) is 32.7 Å². The molecule has 0 saturated carbocycles. The van der Waals surface area contributed by atoms with Crippen LogP contribution >= 0.6 is 11.5 Å². The van der Waals surface area contributed by atoms with Crippen molar-refractivity contribution in [1.29, 1.82) is 0 Å². The molecule has 0 unspecified atom stereocenters. The van der Waals surface area contributed by atoms with Crippen LogP contribution in [-0.2, 0) is 0 Å². The molecule has 4 rings (SSSR count). The second-order valence-electron chi connectivity index (χ2n) is 7.88. The van der Waals surface area contributed by atoms with E-state index in [2.05, 4.69) is 29.9 Å². The number of amides is 2. The SMILES string of the molecule is Cc1cccc(C(=O)N[C@@H]2CCCN(c3cnc(C(N)=O)c(Nc4cc(C)ns4)n3)C2)c1. The third kappa shape index (κ3) is 5.02. The molecule has 0 bridgehead atoms. The highest BCUT2D eigenvalue weighted by Crippen LogP contribution is 2.25. The van der Waals surface area contributed by atoms with Crippen molar-refractivity contribution >= 4 is 40.0 Å². The van der Waals surface area contributed by atoms with E-state index in [-0.39, 0.29) is 17.6 Å². The Labute approximate surface area is 190 Å². The first-order valence-electron chi connectivity index (χ1n) is 10.4. The Bertz CT molecular complexity index is 1150. The van der Waals surface area contributed by atoms with E-state index in [4.69, 9.17) is 5.73 Å². The number of nitrogens with two attached hydrogens (primary N) is 1. The fourth-order valence-corrected chi connectivity index (χ4v) is 4.36. The van der Waals surface area contributed by atoms with Crippen LogP contribution in [0.4, 0.5) is 16.6 Å². The van der Waals surface area contributed by atoms with E-state index in [1.54, 1.807) is 6.20 Å². The number of hydrogen-bond acceptors (Lipinski definition) is 8. The fourth-order valence-electron chi connectivity index (χ4n) is 3.70. The lowest BCUT2D eigenvalue weighted by Gasteiger charge is -2.34. The van der Waals surface area contributed by atoms with Crippen molar-refractivity contribution in [3.05, 3.63) is 59.0 Å². The molecule has 1 atom stereocenters. The van der Waals surface area contributed by atoms with Crippen molar-refractivity contribution in [2.75, 3.05) is 23.3 Å². The molecule has 3 aromatic rings. The van der Waals surface area contributed by atoms with Crippen LogP contribution in [0, 0.1) is 13.8 Å². The summed E-state index contributed by atoms with van der Waals surface area (Å²) in [5.41, 5.74) is 8.12. The lowest BCUT2D eigenvalue weighted by Crippen LogP contribution is -2.48. The number of aryl methyl sites for hydroxylation is 2. The number of anilines is 3. The molecule has 9 nitrogen and oxygen atoms in total. The van der Waals surface area contributed by atoms with Crippen LogP contribution in [0.3, 0.4) is 0 Å². The van der Waals surface area contributed by atoms with E-state index < -0.39 is 5.91 Å². The number of rotatable bonds is 6. The molecular weight excluding hydrogens is 426 g/mol. The van der Waals surface area contributed by atoms with Gasteiger partial charge in [-0.3, -0.25) is 9.59 Å². The van der Waals surface area contributed by atoms with Crippen molar-refractivity contribution in [3.8, 4) is 0 Å². The van der Waals surface area contributed by atoms with Crippen molar-refractivity contribution in [2.24, 2.45) is 5.73 Å². The molecule has 1 fully saturated rings. The Morgan fingerprint density at radius 2 is 2.09 bits per heavy atom. The Morgan fingerprint density at radius 1 is 1.25 bits per heavy atom. The molecule has 166 valence electrons. The molecule has 32 heavy (non-hydrogen) atoms. The van der Waals surface area contributed by atoms with Gasteiger partial charge in [0.05, 0.1) is 11.9 Å². The highest BCUT2D eigenvalue weighted by Gasteiger charge is 2.24. The summed E-state index contributed by atoms with van der Waals surface area (Å²) in [5, 5.41) is 6.98. The van der Waals surface area contributed by atoms with Gasteiger partial charge in [0.2, 0.25) is 0 Å². The van der Waals surface area contributed by atoms with Gasteiger partial charge in [-0.05, 0) is 56.4 Å². The smallest absolute Gasteiger partial charge is 0.271 e. The standard InChI is InChI=1S/C22H25N7O2S/c1-13-5-3-6-15(9-13)22(31)25-16-7-4-8-29(12-16)17-11-24-19(20(23)30)21(26-17)27-18-10-14(2)28-32-18/h3,5-6,9-11,16H,4,7-8,12H2,1-2H3,(H2,23,30)(H,25,31)(H,26,27)/t16-/m1/s1. The number of nitrogens with one attached hydrogen (secondary N) is 2. The minimum atomic E-state index is -0.658. The summed E-state index contributed by atoms with van der Waals surface area (Å²) in [6.07, 6.45) is 3.33. The number of piperidine rings is 1. The summed E-state index contributed by atoms with van der Waals surface area (Å²) in [4.78, 5) is 35.4. The Morgan fingerprint density at radius 3 is 2.81 bits per heavy atom. The molecule has 3 heterocycles. The average molecular weight is 452 g/mol. The monoisotopic (exact) mass is 451 g/mol. The van der Waals surface area contributed by atoms with Gasteiger partial charge in [0.15, 0.2) is 11.5 Å². The second kappa shape index (κ2) is 9.31. The van der Waals surface area contributed by atoms with Crippen LogP contribution in [-0.4, -0.2) is 45.3 Å². The van der Waals surface area contributed by atoms with Crippen LogP contribution in [0.1, 0.15) is 44.9 Å². The average Bonchev–Trinajstić information content (AvgIpc) is 3.18. The largest absolute Gasteiger partial charge is 0.364 e. The number of carbonyl (C=O) groups is 2. The first-order chi connectivity index (χ1) is 15.4. The maximum Gasteiger partial charge on any atom is 0.271 e. The van der Waals surface area contributed by atoms with Crippen molar-refractivity contribution < 1.29 is 9.59 Å². The fraction of sp³-hybridized carbons (Fsp3) is 0.318. The van der Waals surface area contributed by atoms with Gasteiger partial charge in [-0.15, -0.1) is 0 Å². The molecule has 4 N–H and O–H groups in total. The molecule has 1 aromatic carbocycles. The number of primary amides is 1. The summed E-state index contributed by atoms with van der Waals surface area (Å²) in [6, 6.07) is 9.38. The van der Waals surface area contributed by atoms with Crippen LogP contribution in [0.15, 0.2) is 36.5 Å². The normalized spacial score (nSPS) is 15.9. The van der Waals surface area contributed by atoms with Crippen LogP contribution < -0.4 is 21.3 Å². The first kappa shape index (κ1) is 21.7. The van der Waals surface area contributed by atoms with E-state index in [0.717, 1.165) is 35.6 Å². The molecule has 1 aliphatic rings. The molecule has 1 aliphatic heterocycles. The topological polar surface area (TPSA) is 126 Å². The Kier molecular flexibility index (Phi) is 6.31. The van der Waals surface area contributed by atoms with Gasteiger partial charge in [-0.25, -0.2) is 9.97 Å². The van der Waals surface area contributed by atoms with E-state index in [0.29, 0.717) is 23.7 Å². The van der Waals surface area contributed by atoms with Crippen LogP contribution in [0.5, 0.6) is 0 Å². The molecule has 0 spiro atoms. The third-order valence-corrected chi connectivity index (χ3v) is 6.02. The van der Waals surface area contributed by atoms with Gasteiger partial charge in [-0.1, -0.05) is 17.7 Å². The molecule has 0 radical (unpaired) electrons. The maximum atomic E-state index is 12.7. The number of nitrogens with zero attached hydrogens (tertiary/aromatic N) is 4. The third-order valence-electron chi connectivity index (χ3n) is 5.22. The summed E-state index contributed by atoms with van der Waals surface area (Å²) >= 11 is 1.27. The molecular formula is C22H25N7O2S. The Balaban J connectivity index is 1.50. The maximum absolute atomic E-state index is 12.7. The molecule has 2 aromatic heterocycles. The van der Waals surface area contributed by atoms with Gasteiger partial charge in [0.25, 0.3) is 11.8 Å². The highest BCUT2D eigenvalue weighted by molar-refractivity contribution is 7.10. The van der Waals surface area contributed by atoms with Gasteiger partial charge < -0.3 is 21.3 Å². The zero-order valence-electron chi connectivity index (χ0n) is 18.0. The van der Waals surface area contributed by atoms with Gasteiger partial charge in [-0.2, -0.15) is 4.37 Å². The van der Waals surface area contributed by atoms with E-state index >= 15 is 0 Å². The molecule has 1 saturated heterocycles. The van der Waals surface area contributed by atoms with Crippen LogP contribution in [0.2, 0.25) is 0 Å². The number of aromatic nitrogens is 3. The molecule has 2 amide bonds. The minimum absolute atomic E-state index is 0.0186. The van der Waals surface area contributed by atoms with E-state index in [1.807, 2.05) is 44.2 Å². The van der Waals surface area contributed by atoms with Gasteiger partial charge in [0.1, 0.15) is 10.8 Å². The highest BCUT2D eigenvalue weighted by atomic mass is 32.1. The predicted molar refractivity (Wildman–Crippen MR) is 125 cm³/mol. The summed E-state index contributed by atoms with van der Waals surface area (Å²) in [5.74, 6) is 0.172. The lowest BCUT2D eigenvalue weighted by molar-refractivity contribution is 0.0931. The predicted octanol–water partition coefficient (Wildman–Crippen LogP) is 2.79. The Hall–Kier alpha value is -3.53. The molecule has 10 heteroatoms. The van der Waals surface area contributed by atoms with Gasteiger partial charge >= 0.3 is 0 Å². The van der Waals surface area contributed by atoms with Crippen molar-refractivity contribution in [3.63, 3.8) is 0 Å². The second-order valence-corrected chi connectivity index (χ2v) is 8.68. The van der Waals surface area contributed by atoms with E-state index in [1.165, 1.54) is 11.5 Å². The van der Waals surface area contributed by atoms with Gasteiger partial charge in [0, 0.05) is 24.7 Å². The zero-order valence-corrected chi connectivity index (χ0v) is 18.8. The van der Waals surface area contributed by atoms with E-state index in [9.17, 15) is 9.59 Å².